The van der Waals surface area contributed by atoms with Crippen LogP contribution in [0.3, 0.4) is 0 Å². The minimum absolute atomic E-state index is 0.285. The zero-order valence-corrected chi connectivity index (χ0v) is 13.4. The van der Waals surface area contributed by atoms with Gasteiger partial charge in [0.2, 0.25) is 0 Å². The Bertz CT molecular complexity index is 607. The molecular formula is C14H19N5O2S. The fourth-order valence-corrected chi connectivity index (χ4v) is 2.68. The van der Waals surface area contributed by atoms with Crippen molar-refractivity contribution >= 4 is 27.9 Å². The van der Waals surface area contributed by atoms with Gasteiger partial charge in [-0.15, -0.1) is 0 Å². The van der Waals surface area contributed by atoms with Crippen LogP contribution in [-0.4, -0.2) is 34.7 Å². The summed E-state index contributed by atoms with van der Waals surface area (Å²) in [4.78, 5) is 8.80. The van der Waals surface area contributed by atoms with E-state index in [0.717, 1.165) is 47.8 Å². The molecule has 2 aliphatic heterocycles. The van der Waals surface area contributed by atoms with E-state index in [9.17, 15) is 0 Å². The SMILES string of the molecule is C/C(=C/N=C1NC(=NC[C@H]2CCCO2)S1)Nc1cc(C)on1. The summed E-state index contributed by atoms with van der Waals surface area (Å²) < 4.78 is 10.5. The maximum atomic E-state index is 5.53. The molecule has 2 fully saturated rings. The van der Waals surface area contributed by atoms with Gasteiger partial charge in [-0.3, -0.25) is 4.99 Å². The van der Waals surface area contributed by atoms with Crippen LogP contribution in [0.4, 0.5) is 5.82 Å². The number of nitrogens with zero attached hydrogens (tertiary/aromatic N) is 3. The molecule has 0 radical (unpaired) electrons. The Hall–Kier alpha value is -1.80. The lowest BCUT2D eigenvalue weighted by Gasteiger charge is -2.20. The van der Waals surface area contributed by atoms with E-state index in [-0.39, 0.29) is 6.10 Å². The van der Waals surface area contributed by atoms with Gasteiger partial charge in [-0.1, -0.05) is 5.16 Å². The lowest BCUT2D eigenvalue weighted by molar-refractivity contribution is 0.118. The molecule has 0 aliphatic carbocycles. The highest BCUT2D eigenvalue weighted by molar-refractivity contribution is 8.29. The number of amidine groups is 2. The number of allylic oxidation sites excluding steroid dienone is 1. The van der Waals surface area contributed by atoms with Crippen molar-refractivity contribution in [3.8, 4) is 0 Å². The summed E-state index contributed by atoms with van der Waals surface area (Å²) in [7, 11) is 0. The Kier molecular flexibility index (Phi) is 4.79. The van der Waals surface area contributed by atoms with Crippen LogP contribution >= 0.6 is 11.8 Å². The summed E-state index contributed by atoms with van der Waals surface area (Å²) in [6.07, 6.45) is 4.28. The van der Waals surface area contributed by atoms with E-state index in [1.807, 2.05) is 19.9 Å². The van der Waals surface area contributed by atoms with Crippen molar-refractivity contribution in [3.05, 3.63) is 23.7 Å². The third-order valence-corrected chi connectivity index (χ3v) is 4.02. The zero-order chi connectivity index (χ0) is 15.4. The molecule has 7 nitrogen and oxygen atoms in total. The molecule has 2 aliphatic rings. The summed E-state index contributed by atoms with van der Waals surface area (Å²) in [5, 5.41) is 11.8. The zero-order valence-electron chi connectivity index (χ0n) is 12.6. The molecule has 0 aromatic carbocycles. The molecule has 0 spiro atoms. The number of thioether (sulfide) groups is 1. The van der Waals surface area contributed by atoms with Gasteiger partial charge in [0.05, 0.1) is 12.6 Å². The molecule has 2 N–H and O–H groups in total. The van der Waals surface area contributed by atoms with E-state index in [1.54, 1.807) is 6.20 Å². The highest BCUT2D eigenvalue weighted by atomic mass is 32.2. The van der Waals surface area contributed by atoms with Crippen molar-refractivity contribution in [2.24, 2.45) is 9.98 Å². The van der Waals surface area contributed by atoms with Gasteiger partial charge in [-0.2, -0.15) is 0 Å². The lowest BCUT2D eigenvalue weighted by atomic mass is 10.2. The van der Waals surface area contributed by atoms with Crippen LogP contribution in [-0.2, 0) is 4.74 Å². The summed E-state index contributed by atoms with van der Waals surface area (Å²) in [5.74, 6) is 1.45. The summed E-state index contributed by atoms with van der Waals surface area (Å²) >= 11 is 1.54. The van der Waals surface area contributed by atoms with Gasteiger partial charge in [-0.05, 0) is 38.5 Å². The van der Waals surface area contributed by atoms with Crippen LogP contribution in [0.2, 0.25) is 0 Å². The largest absolute Gasteiger partial charge is 0.376 e. The van der Waals surface area contributed by atoms with Crippen LogP contribution in [0.15, 0.2) is 32.5 Å². The molecule has 0 unspecified atom stereocenters. The molecule has 3 heterocycles. The summed E-state index contributed by atoms with van der Waals surface area (Å²) in [6, 6.07) is 1.83. The number of hydrogen-bond donors (Lipinski definition) is 2. The number of anilines is 1. The number of nitrogens with one attached hydrogen (secondary N) is 2. The smallest absolute Gasteiger partial charge is 0.175 e. The highest BCUT2D eigenvalue weighted by Crippen LogP contribution is 2.18. The van der Waals surface area contributed by atoms with Crippen LogP contribution < -0.4 is 10.6 Å². The molecule has 1 atom stereocenters. The van der Waals surface area contributed by atoms with Gasteiger partial charge in [0.15, 0.2) is 16.2 Å². The average molecular weight is 321 g/mol. The van der Waals surface area contributed by atoms with Gasteiger partial charge < -0.3 is 19.9 Å². The Balaban J connectivity index is 1.44. The number of rotatable bonds is 5. The third kappa shape index (κ3) is 4.11. The third-order valence-electron chi connectivity index (χ3n) is 3.20. The fraction of sp³-hybridized carbons (Fsp3) is 0.500. The van der Waals surface area contributed by atoms with E-state index >= 15 is 0 Å². The maximum Gasteiger partial charge on any atom is 0.175 e. The maximum absolute atomic E-state index is 5.53. The van der Waals surface area contributed by atoms with Crippen LogP contribution in [0.5, 0.6) is 0 Å². The molecule has 0 bridgehead atoms. The molecule has 1 aromatic rings. The predicted molar refractivity (Wildman–Crippen MR) is 88.1 cm³/mol. The number of ether oxygens (including phenoxy) is 1. The Morgan fingerprint density at radius 1 is 1.59 bits per heavy atom. The van der Waals surface area contributed by atoms with Crippen molar-refractivity contribution in [1.29, 1.82) is 0 Å². The predicted octanol–water partition coefficient (Wildman–Crippen LogP) is 2.48. The van der Waals surface area contributed by atoms with E-state index in [1.165, 1.54) is 11.8 Å². The molecule has 2 saturated heterocycles. The van der Waals surface area contributed by atoms with Crippen molar-refractivity contribution in [2.45, 2.75) is 32.8 Å². The Labute approximate surface area is 133 Å². The second kappa shape index (κ2) is 6.97. The normalized spacial score (nSPS) is 25.4. The summed E-state index contributed by atoms with van der Waals surface area (Å²) in [5.41, 5.74) is 0.882. The van der Waals surface area contributed by atoms with Crippen LogP contribution in [0.25, 0.3) is 0 Å². The first-order valence-electron chi connectivity index (χ1n) is 7.25. The van der Waals surface area contributed by atoms with Gasteiger partial charge in [-0.25, -0.2) is 4.99 Å². The van der Waals surface area contributed by atoms with Gasteiger partial charge in [0, 0.05) is 24.6 Å². The van der Waals surface area contributed by atoms with E-state index in [0.29, 0.717) is 5.82 Å². The van der Waals surface area contributed by atoms with Gasteiger partial charge >= 0.3 is 0 Å². The molecule has 1 aromatic heterocycles. The van der Waals surface area contributed by atoms with E-state index in [4.69, 9.17) is 9.26 Å². The number of aliphatic imine (C=N–C) groups is 2. The summed E-state index contributed by atoms with van der Waals surface area (Å²) in [6.45, 7) is 5.36. The van der Waals surface area contributed by atoms with E-state index < -0.39 is 0 Å². The highest BCUT2D eigenvalue weighted by Gasteiger charge is 2.21. The number of aryl methyl sites for hydroxylation is 1. The minimum atomic E-state index is 0.285. The average Bonchev–Trinajstić information content (AvgIpc) is 3.08. The van der Waals surface area contributed by atoms with Crippen LogP contribution in [0.1, 0.15) is 25.5 Å². The first-order valence-corrected chi connectivity index (χ1v) is 8.06. The van der Waals surface area contributed by atoms with E-state index in [2.05, 4.69) is 25.8 Å². The van der Waals surface area contributed by atoms with Crippen molar-refractivity contribution in [2.75, 3.05) is 18.5 Å². The number of aromatic nitrogens is 1. The second-order valence-corrected chi connectivity index (χ2v) is 6.18. The number of hydrogen-bond acceptors (Lipinski definition) is 7. The fourth-order valence-electron chi connectivity index (χ4n) is 2.11. The van der Waals surface area contributed by atoms with Gasteiger partial charge in [0.1, 0.15) is 5.76 Å². The van der Waals surface area contributed by atoms with Gasteiger partial charge in [0.25, 0.3) is 0 Å². The molecule has 3 rings (SSSR count). The minimum Gasteiger partial charge on any atom is -0.376 e. The molecule has 0 amide bonds. The quantitative estimate of drug-likeness (QED) is 0.867. The monoisotopic (exact) mass is 321 g/mol. The molecule has 22 heavy (non-hydrogen) atoms. The van der Waals surface area contributed by atoms with Crippen molar-refractivity contribution in [1.82, 2.24) is 10.5 Å². The molecule has 8 heteroatoms. The standard InChI is InChI=1S/C14H19N5O2S/c1-9(17-12-6-10(2)21-19-12)7-15-13-18-14(22-13)16-8-11-4-3-5-20-11/h6-7,11H,3-5,8H2,1-2H3,(H,17,19)(H,15,16,18)/b9-7-/t11-/m1/s1. The molecule has 118 valence electrons. The topological polar surface area (TPSA) is 84.0 Å². The first-order chi connectivity index (χ1) is 10.7. The van der Waals surface area contributed by atoms with Crippen LogP contribution in [0, 0.1) is 6.92 Å². The van der Waals surface area contributed by atoms with Crippen molar-refractivity contribution in [3.63, 3.8) is 0 Å². The Morgan fingerprint density at radius 2 is 2.45 bits per heavy atom. The second-order valence-electron chi connectivity index (χ2n) is 5.20. The first kappa shape index (κ1) is 15.1. The molecular weight excluding hydrogens is 302 g/mol. The Morgan fingerprint density at radius 3 is 3.14 bits per heavy atom. The molecule has 0 saturated carbocycles. The van der Waals surface area contributed by atoms with Crippen molar-refractivity contribution < 1.29 is 9.26 Å². The lowest BCUT2D eigenvalue weighted by Crippen LogP contribution is -2.38.